The van der Waals surface area contributed by atoms with Crippen LogP contribution < -0.4 is 0 Å². The van der Waals surface area contributed by atoms with Crippen LogP contribution in [0.3, 0.4) is 0 Å². The van der Waals surface area contributed by atoms with Crippen molar-refractivity contribution in [1.82, 2.24) is 9.55 Å². The third kappa shape index (κ3) is 3.26. The molecule has 2 aromatic rings. The first-order chi connectivity index (χ1) is 9.82. The highest BCUT2D eigenvalue weighted by atomic mass is 35.5. The lowest BCUT2D eigenvalue weighted by atomic mass is 10.2. The van der Waals surface area contributed by atoms with Gasteiger partial charge in [0.15, 0.2) is 11.6 Å². The van der Waals surface area contributed by atoms with E-state index in [0.717, 1.165) is 6.07 Å². The topological polar surface area (TPSA) is 34.9 Å². The molecule has 1 heterocycles. The van der Waals surface area contributed by atoms with E-state index in [-0.39, 0.29) is 11.6 Å². The van der Waals surface area contributed by atoms with Crippen molar-refractivity contribution in [1.29, 1.82) is 0 Å². The highest BCUT2D eigenvalue weighted by Crippen LogP contribution is 2.31. The van der Waals surface area contributed by atoms with Gasteiger partial charge in [0.05, 0.1) is 10.9 Å². The molecule has 3 nitrogen and oxygen atoms in total. The number of fused-ring (bicyclic) bond motifs is 1. The van der Waals surface area contributed by atoms with Crippen LogP contribution in [0.4, 0.5) is 8.78 Å². The number of hydrogen-bond acceptors (Lipinski definition) is 2. The van der Waals surface area contributed by atoms with Gasteiger partial charge in [-0.2, -0.15) is 0 Å². The van der Waals surface area contributed by atoms with Crippen LogP contribution in [0.2, 0.25) is 0 Å². The Labute approximate surface area is 129 Å². The smallest absolute Gasteiger partial charge is 0.184 e. The van der Waals surface area contributed by atoms with Crippen LogP contribution >= 0.6 is 11.6 Å². The molecule has 116 valence electrons. The van der Waals surface area contributed by atoms with Gasteiger partial charge in [-0.25, -0.2) is 13.8 Å². The quantitative estimate of drug-likeness (QED) is 0.776. The van der Waals surface area contributed by atoms with Crippen LogP contribution in [-0.4, -0.2) is 25.8 Å². The van der Waals surface area contributed by atoms with Gasteiger partial charge in [0, 0.05) is 28.9 Å². The molecule has 3 unspecified atom stereocenters. The predicted molar refractivity (Wildman–Crippen MR) is 82.2 cm³/mol. The molecule has 0 saturated heterocycles. The second-order valence-electron chi connectivity index (χ2n) is 5.10. The highest BCUT2D eigenvalue weighted by molar-refractivity contribution is 7.84. The molecule has 3 atom stereocenters. The number of hydrogen-bond donors (Lipinski definition) is 0. The Morgan fingerprint density at radius 3 is 2.62 bits per heavy atom. The molecular weight excluding hydrogens is 318 g/mol. The lowest BCUT2D eigenvalue weighted by Gasteiger charge is -2.18. The molecule has 0 fully saturated rings. The number of imidazole rings is 1. The van der Waals surface area contributed by atoms with Crippen molar-refractivity contribution in [2.24, 2.45) is 0 Å². The maximum absolute atomic E-state index is 14.2. The molecule has 1 aromatic heterocycles. The maximum Gasteiger partial charge on any atom is 0.184 e. The van der Waals surface area contributed by atoms with Crippen molar-refractivity contribution < 1.29 is 13.0 Å². The largest absolute Gasteiger partial charge is 0.321 e. The Kier molecular flexibility index (Phi) is 4.99. The molecule has 0 radical (unpaired) electrons. The summed E-state index contributed by atoms with van der Waals surface area (Å²) in [5.74, 6) is -0.865. The summed E-state index contributed by atoms with van der Waals surface area (Å²) in [6, 6.07) is 2.33. The second-order valence-corrected chi connectivity index (χ2v) is 7.31. The molecule has 0 aliphatic heterocycles. The van der Waals surface area contributed by atoms with Crippen LogP contribution in [-0.2, 0) is 10.8 Å². The fourth-order valence-corrected chi connectivity index (χ4v) is 3.16. The number of alkyl halides is 1. The van der Waals surface area contributed by atoms with Crippen molar-refractivity contribution in [3.63, 3.8) is 0 Å². The molecule has 0 aliphatic carbocycles. The summed E-state index contributed by atoms with van der Waals surface area (Å²) in [7, 11) is -0.943. The first-order valence-electron chi connectivity index (χ1n) is 6.62. The molecule has 7 heteroatoms. The van der Waals surface area contributed by atoms with Gasteiger partial charge >= 0.3 is 0 Å². The van der Waals surface area contributed by atoms with Crippen LogP contribution in [0.5, 0.6) is 0 Å². The van der Waals surface area contributed by atoms with Crippen molar-refractivity contribution in [2.45, 2.75) is 31.7 Å². The monoisotopic (exact) mass is 334 g/mol. The van der Waals surface area contributed by atoms with E-state index in [2.05, 4.69) is 4.98 Å². The first-order valence-corrected chi connectivity index (χ1v) is 8.79. The summed E-state index contributed by atoms with van der Waals surface area (Å²) in [6.07, 6.45) is 2.19. The molecular formula is C14H17ClF2N2OS. The van der Waals surface area contributed by atoms with Gasteiger partial charge in [0.25, 0.3) is 0 Å². The minimum Gasteiger partial charge on any atom is -0.321 e. The Morgan fingerprint density at radius 2 is 2.05 bits per heavy atom. The molecule has 0 amide bonds. The average molecular weight is 335 g/mol. The van der Waals surface area contributed by atoms with Crippen LogP contribution in [0.25, 0.3) is 11.0 Å². The van der Waals surface area contributed by atoms with E-state index in [9.17, 15) is 13.0 Å². The fraction of sp³-hybridized carbons (Fsp3) is 0.500. The summed E-state index contributed by atoms with van der Waals surface area (Å²) in [6.45, 7) is 3.60. The van der Waals surface area contributed by atoms with E-state index in [1.54, 1.807) is 17.7 Å². The summed E-state index contributed by atoms with van der Waals surface area (Å²) in [5, 5.41) is -0.436. The van der Waals surface area contributed by atoms with Crippen molar-refractivity contribution in [3.05, 3.63) is 29.6 Å². The molecule has 0 aliphatic rings. The molecule has 21 heavy (non-hydrogen) atoms. The fourth-order valence-electron chi connectivity index (χ4n) is 2.33. The van der Waals surface area contributed by atoms with Crippen LogP contribution in [0.1, 0.15) is 37.5 Å². The number of halogens is 3. The summed E-state index contributed by atoms with van der Waals surface area (Å²) in [4.78, 5) is 4.31. The third-order valence-corrected chi connectivity index (χ3v) is 4.40. The van der Waals surface area contributed by atoms with Gasteiger partial charge < -0.3 is 4.57 Å². The van der Waals surface area contributed by atoms with E-state index in [1.807, 2.05) is 6.92 Å². The lowest BCUT2D eigenvalue weighted by Crippen LogP contribution is -2.13. The van der Waals surface area contributed by atoms with Gasteiger partial charge in [-0.3, -0.25) is 4.21 Å². The molecule has 0 N–H and O–H groups in total. The normalized spacial score (nSPS) is 16.1. The molecule has 0 spiro atoms. The zero-order valence-electron chi connectivity index (χ0n) is 12.1. The standard InChI is InChI=1S/C14H17ClF2N2OS/c1-8(6-7-21(3)20)19-13-11(18-14(19)9(2)15)5-4-10(16)12(13)17/h4-5,8-9H,6-7H2,1-3H3. The predicted octanol–water partition coefficient (Wildman–Crippen LogP) is 3.94. The van der Waals surface area contributed by atoms with Gasteiger partial charge in [0.1, 0.15) is 11.3 Å². The zero-order chi connectivity index (χ0) is 15.7. The first kappa shape index (κ1) is 16.4. The number of nitrogens with zero attached hydrogens (tertiary/aromatic N) is 2. The molecule has 0 bridgehead atoms. The van der Waals surface area contributed by atoms with E-state index in [1.165, 1.54) is 6.07 Å². The Hall–Kier alpha value is -1.01. The Bertz CT molecular complexity index is 687. The number of benzene rings is 1. The van der Waals surface area contributed by atoms with Gasteiger partial charge in [-0.05, 0) is 32.4 Å². The highest BCUT2D eigenvalue weighted by Gasteiger charge is 2.23. The summed E-state index contributed by atoms with van der Waals surface area (Å²) >= 11 is 6.12. The average Bonchev–Trinajstić information content (AvgIpc) is 2.80. The van der Waals surface area contributed by atoms with Crippen molar-refractivity contribution in [2.75, 3.05) is 12.0 Å². The van der Waals surface area contributed by atoms with Crippen molar-refractivity contribution in [3.8, 4) is 0 Å². The maximum atomic E-state index is 14.2. The Morgan fingerprint density at radius 1 is 1.38 bits per heavy atom. The molecule has 2 rings (SSSR count). The summed E-state index contributed by atoms with van der Waals surface area (Å²) in [5.41, 5.74) is 0.493. The van der Waals surface area contributed by atoms with Gasteiger partial charge in [-0.1, -0.05) is 0 Å². The van der Waals surface area contributed by atoms with E-state index < -0.39 is 27.8 Å². The van der Waals surface area contributed by atoms with E-state index in [4.69, 9.17) is 11.6 Å². The summed E-state index contributed by atoms with van der Waals surface area (Å²) < 4.78 is 40.5. The van der Waals surface area contributed by atoms with E-state index >= 15 is 0 Å². The SMILES string of the molecule is CC(Cl)c1nc2ccc(F)c(F)c2n1C(C)CCS(C)=O. The third-order valence-electron chi connectivity index (χ3n) is 3.39. The number of aromatic nitrogens is 2. The van der Waals surface area contributed by atoms with Gasteiger partial charge in [-0.15, -0.1) is 11.6 Å². The number of rotatable bonds is 5. The van der Waals surface area contributed by atoms with Crippen LogP contribution in [0, 0.1) is 11.6 Å². The zero-order valence-corrected chi connectivity index (χ0v) is 13.6. The van der Waals surface area contributed by atoms with Crippen molar-refractivity contribution >= 4 is 33.4 Å². The minimum atomic E-state index is -0.943. The minimum absolute atomic E-state index is 0.117. The van der Waals surface area contributed by atoms with Crippen LogP contribution in [0.15, 0.2) is 12.1 Å². The Balaban J connectivity index is 2.59. The second kappa shape index (κ2) is 6.40. The lowest BCUT2D eigenvalue weighted by molar-refractivity contribution is 0.489. The molecule has 0 saturated carbocycles. The van der Waals surface area contributed by atoms with E-state index in [0.29, 0.717) is 23.5 Å². The molecule has 1 aromatic carbocycles. The van der Waals surface area contributed by atoms with Gasteiger partial charge in [0.2, 0.25) is 0 Å².